The van der Waals surface area contributed by atoms with Crippen LogP contribution >= 0.6 is 11.3 Å². The van der Waals surface area contributed by atoms with Crippen LogP contribution in [0.15, 0.2) is 76.6 Å². The molecule has 0 saturated heterocycles. The van der Waals surface area contributed by atoms with Crippen molar-refractivity contribution >= 4 is 54.8 Å². The Morgan fingerprint density at radius 3 is 2.56 bits per heavy atom. The molecule has 0 bridgehead atoms. The normalized spacial score (nSPS) is 13.5. The Morgan fingerprint density at radius 1 is 1.10 bits per heavy atom. The van der Waals surface area contributed by atoms with E-state index < -0.39 is 26.8 Å². The fourth-order valence-electron chi connectivity index (χ4n) is 4.36. The first-order valence-electron chi connectivity index (χ1n) is 11.9. The lowest BCUT2D eigenvalue weighted by Gasteiger charge is -2.19. The number of rotatable bonds is 7. The minimum atomic E-state index is -3.82. The second-order valence-electron chi connectivity index (χ2n) is 8.58. The molecule has 0 radical (unpaired) electrons. The number of esters is 1. The Labute approximate surface area is 226 Å². The van der Waals surface area contributed by atoms with E-state index in [2.05, 4.69) is 4.99 Å². The predicted octanol–water partition coefficient (Wildman–Crippen LogP) is 3.67. The quantitative estimate of drug-likeness (QED) is 0.189. The molecule has 0 N–H and O–H groups in total. The number of thiazole rings is 1. The maximum atomic E-state index is 13.3. The lowest BCUT2D eigenvalue weighted by molar-refractivity contribution is -0.384. The lowest BCUT2D eigenvalue weighted by Crippen LogP contribution is -2.29. The molecule has 1 aromatic heterocycles. The summed E-state index contributed by atoms with van der Waals surface area (Å²) in [5, 5.41) is 11.2. The molecule has 1 amide bonds. The van der Waals surface area contributed by atoms with Gasteiger partial charge in [-0.15, -0.1) is 0 Å². The standard InChI is InChI=1S/C26H22N4O7S2/c1-2-37-24(31)16-28-22-12-9-19(30(33)34)15-23(22)38-26(28)27-25(32)18-7-10-20(11-8-18)39(35,36)29-14-13-17-5-3-4-6-21(17)29/h3-12,15H,2,13-14,16H2,1H3. The Balaban J connectivity index is 1.48. The average Bonchev–Trinajstić information content (AvgIpc) is 3.50. The maximum Gasteiger partial charge on any atom is 0.326 e. The van der Waals surface area contributed by atoms with Crippen LogP contribution in [0.25, 0.3) is 10.2 Å². The number of nitro groups is 1. The second kappa shape index (κ2) is 10.4. The molecule has 2 heterocycles. The molecular formula is C26H22N4O7S2. The number of anilines is 1. The van der Waals surface area contributed by atoms with E-state index in [1.54, 1.807) is 19.1 Å². The summed E-state index contributed by atoms with van der Waals surface area (Å²) >= 11 is 1.02. The molecule has 0 unspecified atom stereocenters. The molecule has 0 fully saturated rings. The highest BCUT2D eigenvalue weighted by molar-refractivity contribution is 7.92. The van der Waals surface area contributed by atoms with Gasteiger partial charge in [-0.2, -0.15) is 4.99 Å². The summed E-state index contributed by atoms with van der Waals surface area (Å²) in [5.74, 6) is -1.22. The Hall–Kier alpha value is -4.36. The van der Waals surface area contributed by atoms with Crippen LogP contribution in [0.4, 0.5) is 11.4 Å². The summed E-state index contributed by atoms with van der Waals surface area (Å²) in [4.78, 5) is 40.3. The first kappa shape index (κ1) is 26.3. The molecule has 39 heavy (non-hydrogen) atoms. The van der Waals surface area contributed by atoms with Crippen molar-refractivity contribution in [3.05, 3.63) is 92.8 Å². The van der Waals surface area contributed by atoms with Gasteiger partial charge in [0.25, 0.3) is 21.6 Å². The third kappa shape index (κ3) is 5.05. The van der Waals surface area contributed by atoms with E-state index in [-0.39, 0.29) is 34.1 Å². The van der Waals surface area contributed by atoms with Gasteiger partial charge < -0.3 is 9.30 Å². The first-order valence-corrected chi connectivity index (χ1v) is 14.2. The van der Waals surface area contributed by atoms with Crippen LogP contribution in [0.5, 0.6) is 0 Å². The molecule has 200 valence electrons. The summed E-state index contributed by atoms with van der Waals surface area (Å²) in [7, 11) is -3.82. The SMILES string of the molecule is CCOC(=O)Cn1c(=NC(=O)c2ccc(S(=O)(=O)N3CCc4ccccc43)cc2)sc2cc([N+](=O)[O-])ccc21. The van der Waals surface area contributed by atoms with Gasteiger partial charge in [-0.25, -0.2) is 8.42 Å². The van der Waals surface area contributed by atoms with E-state index in [4.69, 9.17) is 4.74 Å². The van der Waals surface area contributed by atoms with Crippen molar-refractivity contribution in [3.8, 4) is 0 Å². The first-order chi connectivity index (χ1) is 18.7. The van der Waals surface area contributed by atoms with Crippen molar-refractivity contribution in [2.75, 3.05) is 17.5 Å². The fourth-order valence-corrected chi connectivity index (χ4v) is 6.92. The summed E-state index contributed by atoms with van der Waals surface area (Å²) in [6.07, 6.45) is 0.620. The third-order valence-electron chi connectivity index (χ3n) is 6.20. The molecular weight excluding hydrogens is 544 g/mol. The van der Waals surface area contributed by atoms with Gasteiger partial charge in [0.05, 0.1) is 32.3 Å². The van der Waals surface area contributed by atoms with Crippen molar-refractivity contribution in [3.63, 3.8) is 0 Å². The molecule has 13 heteroatoms. The molecule has 0 saturated carbocycles. The number of aromatic nitrogens is 1. The van der Waals surface area contributed by atoms with E-state index >= 15 is 0 Å². The number of nitro benzene ring substituents is 1. The Morgan fingerprint density at radius 2 is 1.85 bits per heavy atom. The van der Waals surface area contributed by atoms with Crippen LogP contribution in [0.1, 0.15) is 22.8 Å². The topological polar surface area (TPSA) is 141 Å². The summed E-state index contributed by atoms with van der Waals surface area (Å²) in [5.41, 5.74) is 2.09. The number of carbonyl (C=O) groups excluding carboxylic acids is 2. The van der Waals surface area contributed by atoms with Crippen molar-refractivity contribution in [2.24, 2.45) is 4.99 Å². The molecule has 11 nitrogen and oxygen atoms in total. The van der Waals surface area contributed by atoms with Crippen LogP contribution in [0, 0.1) is 10.1 Å². The van der Waals surface area contributed by atoms with Gasteiger partial charge in [-0.1, -0.05) is 29.5 Å². The van der Waals surface area contributed by atoms with Crippen LogP contribution in [0.3, 0.4) is 0 Å². The molecule has 1 aliphatic heterocycles. The average molecular weight is 567 g/mol. The minimum Gasteiger partial charge on any atom is -0.465 e. The molecule has 0 atom stereocenters. The van der Waals surface area contributed by atoms with Gasteiger partial charge in [0.15, 0.2) is 4.80 Å². The van der Waals surface area contributed by atoms with Gasteiger partial charge in [0, 0.05) is 24.2 Å². The van der Waals surface area contributed by atoms with Crippen molar-refractivity contribution in [2.45, 2.75) is 24.8 Å². The molecule has 1 aliphatic rings. The molecule has 0 aliphatic carbocycles. The number of amides is 1. The zero-order valence-electron chi connectivity index (χ0n) is 20.6. The maximum absolute atomic E-state index is 13.3. The van der Waals surface area contributed by atoms with Crippen molar-refractivity contribution in [1.29, 1.82) is 0 Å². The number of carbonyl (C=O) groups is 2. The van der Waals surface area contributed by atoms with Crippen LogP contribution in [0.2, 0.25) is 0 Å². The van der Waals surface area contributed by atoms with Gasteiger partial charge in [0.1, 0.15) is 6.54 Å². The van der Waals surface area contributed by atoms with Crippen LogP contribution in [-0.4, -0.2) is 42.9 Å². The number of sulfonamides is 1. The minimum absolute atomic E-state index is 0.0438. The van der Waals surface area contributed by atoms with E-state index in [1.165, 1.54) is 51.3 Å². The monoisotopic (exact) mass is 566 g/mol. The number of nitrogens with zero attached hydrogens (tertiary/aromatic N) is 4. The van der Waals surface area contributed by atoms with E-state index in [0.717, 1.165) is 16.9 Å². The predicted molar refractivity (Wildman–Crippen MR) is 144 cm³/mol. The third-order valence-corrected chi connectivity index (χ3v) is 9.07. The summed E-state index contributed by atoms with van der Waals surface area (Å²) < 4.78 is 34.9. The van der Waals surface area contributed by atoms with E-state index in [1.807, 2.05) is 12.1 Å². The number of ether oxygens (including phenoxy) is 1. The fraction of sp³-hybridized carbons (Fsp3) is 0.192. The zero-order valence-corrected chi connectivity index (χ0v) is 22.3. The molecule has 0 spiro atoms. The Kier molecular flexibility index (Phi) is 7.02. The highest BCUT2D eigenvalue weighted by Crippen LogP contribution is 2.32. The van der Waals surface area contributed by atoms with Gasteiger partial charge in [-0.3, -0.25) is 24.0 Å². The highest BCUT2D eigenvalue weighted by Gasteiger charge is 2.30. The smallest absolute Gasteiger partial charge is 0.326 e. The summed E-state index contributed by atoms with van der Waals surface area (Å²) in [6.45, 7) is 1.92. The zero-order chi connectivity index (χ0) is 27.7. The van der Waals surface area contributed by atoms with Crippen molar-refractivity contribution < 1.29 is 27.7 Å². The molecule has 3 aromatic carbocycles. The second-order valence-corrected chi connectivity index (χ2v) is 11.5. The Bertz CT molecular complexity index is 1790. The van der Waals surface area contributed by atoms with Gasteiger partial charge in [-0.05, 0) is 55.3 Å². The summed E-state index contributed by atoms with van der Waals surface area (Å²) in [6, 6.07) is 17.0. The van der Waals surface area contributed by atoms with Gasteiger partial charge >= 0.3 is 5.97 Å². The number of non-ortho nitro benzene ring substituents is 1. The number of hydrogen-bond donors (Lipinski definition) is 0. The lowest BCUT2D eigenvalue weighted by atomic mass is 10.2. The van der Waals surface area contributed by atoms with Gasteiger partial charge in [0.2, 0.25) is 0 Å². The van der Waals surface area contributed by atoms with Crippen LogP contribution < -0.4 is 9.11 Å². The highest BCUT2D eigenvalue weighted by atomic mass is 32.2. The molecule has 5 rings (SSSR count). The number of fused-ring (bicyclic) bond motifs is 2. The number of benzene rings is 3. The number of para-hydroxylation sites is 1. The van der Waals surface area contributed by atoms with E-state index in [9.17, 15) is 28.1 Å². The largest absolute Gasteiger partial charge is 0.465 e. The van der Waals surface area contributed by atoms with Crippen LogP contribution in [-0.2, 0) is 32.5 Å². The molecule has 4 aromatic rings. The van der Waals surface area contributed by atoms with E-state index in [0.29, 0.717) is 28.9 Å². The van der Waals surface area contributed by atoms with Crippen molar-refractivity contribution in [1.82, 2.24) is 4.57 Å². The number of hydrogen-bond acceptors (Lipinski definition) is 8.